The van der Waals surface area contributed by atoms with E-state index in [-0.39, 0.29) is 18.7 Å². The van der Waals surface area contributed by atoms with E-state index in [0.29, 0.717) is 11.1 Å². The van der Waals surface area contributed by atoms with Crippen LogP contribution in [-0.2, 0) is 20.7 Å². The van der Waals surface area contributed by atoms with E-state index in [1.54, 1.807) is 65.8 Å². The Morgan fingerprint density at radius 1 is 1.16 bits per heavy atom. The van der Waals surface area contributed by atoms with Crippen molar-refractivity contribution >= 4 is 28.7 Å². The zero-order valence-electron chi connectivity index (χ0n) is 18.7. The Morgan fingerprint density at radius 2 is 1.71 bits per heavy atom. The molecule has 1 fully saturated rings. The summed E-state index contributed by atoms with van der Waals surface area (Å²) in [5.41, 5.74) is -0.277. The number of aliphatic carboxylic acids is 1. The molecule has 0 bridgehead atoms. The maximum Gasteiger partial charge on any atom is 0.408 e. The second kappa shape index (κ2) is 8.68. The predicted octanol–water partition coefficient (Wildman–Crippen LogP) is 3.94. The molecule has 9 nitrogen and oxygen atoms in total. The van der Waals surface area contributed by atoms with Gasteiger partial charge in [0.1, 0.15) is 16.9 Å². The van der Waals surface area contributed by atoms with Crippen molar-refractivity contribution in [3.63, 3.8) is 0 Å². The summed E-state index contributed by atoms with van der Waals surface area (Å²) in [5, 5.41) is 11.0. The average molecular weight is 457 g/mol. The Balaban J connectivity index is 2.15. The van der Waals surface area contributed by atoms with Gasteiger partial charge in [0.2, 0.25) is 5.91 Å². The molecule has 31 heavy (non-hydrogen) atoms. The number of hydrogen-bond acceptors (Lipinski definition) is 6. The fourth-order valence-electron chi connectivity index (χ4n) is 3.46. The molecule has 174 valence electrons. The fourth-order valence-corrected chi connectivity index (χ4v) is 5.79. The summed E-state index contributed by atoms with van der Waals surface area (Å²) in [6, 6.07) is 5.43. The number of carboxylic acids is 1. The molecule has 1 aromatic rings. The predicted molar refractivity (Wildman–Crippen MR) is 118 cm³/mol. The smallest absolute Gasteiger partial charge is 0.408 e. The van der Waals surface area contributed by atoms with E-state index in [1.807, 2.05) is 0 Å². The van der Waals surface area contributed by atoms with Gasteiger partial charge < -0.3 is 15.2 Å². The van der Waals surface area contributed by atoms with E-state index >= 15 is 0 Å². The average Bonchev–Trinajstić information content (AvgIpc) is 2.81. The summed E-state index contributed by atoms with van der Waals surface area (Å²) < 4.78 is 27.8. The van der Waals surface area contributed by atoms with E-state index in [1.165, 1.54) is 0 Å². The molecule has 2 atom stereocenters. The van der Waals surface area contributed by atoms with Gasteiger partial charge in [-0.2, -0.15) is 0 Å². The van der Waals surface area contributed by atoms with Crippen LogP contribution in [0.1, 0.15) is 64.3 Å². The minimum Gasteiger partial charge on any atom is -0.480 e. The number of hydrogen-bond donors (Lipinski definition) is 4. The van der Waals surface area contributed by atoms with Crippen LogP contribution in [0.25, 0.3) is 0 Å². The Bertz CT molecular complexity index is 841. The second-order valence-corrected chi connectivity index (χ2v) is 11.7. The summed E-state index contributed by atoms with van der Waals surface area (Å²) in [7, 11) is -3.35. The van der Waals surface area contributed by atoms with Gasteiger partial charge in [-0.1, -0.05) is 24.3 Å². The molecule has 0 aromatic heterocycles. The zero-order valence-corrected chi connectivity index (χ0v) is 19.5. The lowest BCUT2D eigenvalue weighted by atomic mass is 10.0. The molecule has 1 unspecified atom stereocenters. The van der Waals surface area contributed by atoms with Crippen molar-refractivity contribution in [3.05, 3.63) is 35.4 Å². The SMILES string of the molecule is CC(C)(C)OC(=O)N[C@@H](Cc1ccc(C2CC(=O)N(C(C)(C)C)S2(O)O)cc1)C(=O)O. The maximum atomic E-state index is 12.4. The molecule has 1 aliphatic heterocycles. The number of carbonyl (C=O) groups is 3. The highest BCUT2D eigenvalue weighted by molar-refractivity contribution is 8.23. The molecule has 1 aliphatic rings. The molecule has 10 heteroatoms. The molecular weight excluding hydrogens is 424 g/mol. The second-order valence-electron chi connectivity index (χ2n) is 9.60. The van der Waals surface area contributed by atoms with Gasteiger partial charge in [0.25, 0.3) is 0 Å². The third-order valence-corrected chi connectivity index (χ3v) is 7.12. The van der Waals surface area contributed by atoms with Gasteiger partial charge in [0.05, 0.1) is 12.0 Å². The van der Waals surface area contributed by atoms with Gasteiger partial charge in [0.15, 0.2) is 0 Å². The van der Waals surface area contributed by atoms with Crippen molar-refractivity contribution in [2.24, 2.45) is 0 Å². The van der Waals surface area contributed by atoms with Crippen molar-refractivity contribution in [2.75, 3.05) is 0 Å². The molecule has 2 rings (SSSR count). The van der Waals surface area contributed by atoms with E-state index in [9.17, 15) is 28.6 Å². The van der Waals surface area contributed by atoms with Crippen LogP contribution in [0.2, 0.25) is 0 Å². The largest absolute Gasteiger partial charge is 0.480 e. The Morgan fingerprint density at radius 3 is 2.13 bits per heavy atom. The zero-order chi connectivity index (χ0) is 23.8. The molecule has 1 aromatic carbocycles. The van der Waals surface area contributed by atoms with Crippen LogP contribution < -0.4 is 5.32 Å². The molecule has 0 radical (unpaired) electrons. The topological polar surface area (TPSA) is 136 Å². The quantitative estimate of drug-likeness (QED) is 0.527. The van der Waals surface area contributed by atoms with Crippen molar-refractivity contribution in [1.29, 1.82) is 0 Å². The lowest BCUT2D eigenvalue weighted by molar-refractivity contribution is -0.139. The van der Waals surface area contributed by atoms with E-state index in [4.69, 9.17) is 4.74 Å². The number of benzene rings is 1. The van der Waals surface area contributed by atoms with Gasteiger partial charge in [-0.3, -0.25) is 13.9 Å². The summed E-state index contributed by atoms with van der Waals surface area (Å²) in [6.07, 6.45) is -0.822. The lowest BCUT2D eigenvalue weighted by Gasteiger charge is -2.47. The third kappa shape index (κ3) is 6.11. The Hall–Kier alpha value is -2.30. The van der Waals surface area contributed by atoms with Gasteiger partial charge in [-0.05, 0) is 52.7 Å². The van der Waals surface area contributed by atoms with Crippen molar-refractivity contribution in [3.8, 4) is 0 Å². The first-order chi connectivity index (χ1) is 14.0. The Kier molecular flexibility index (Phi) is 6.99. The van der Waals surface area contributed by atoms with Crippen LogP contribution in [-0.4, -0.2) is 53.7 Å². The van der Waals surface area contributed by atoms with Gasteiger partial charge in [-0.15, -0.1) is 10.8 Å². The first kappa shape index (κ1) is 25.0. The van der Waals surface area contributed by atoms with Crippen LogP contribution in [0.15, 0.2) is 24.3 Å². The van der Waals surface area contributed by atoms with Crippen molar-refractivity contribution in [1.82, 2.24) is 9.62 Å². The summed E-state index contributed by atoms with van der Waals surface area (Å²) >= 11 is 0. The number of carbonyl (C=O) groups excluding carboxylic acids is 2. The van der Waals surface area contributed by atoms with Gasteiger partial charge in [-0.25, -0.2) is 13.9 Å². The van der Waals surface area contributed by atoms with Crippen LogP contribution in [0, 0.1) is 0 Å². The molecule has 2 amide bonds. The molecule has 0 aliphatic carbocycles. The van der Waals surface area contributed by atoms with Crippen LogP contribution in [0.3, 0.4) is 0 Å². The molecular formula is C21H32N2O7S. The van der Waals surface area contributed by atoms with Crippen molar-refractivity contribution < 1.29 is 33.3 Å². The summed E-state index contributed by atoms with van der Waals surface area (Å²) in [6.45, 7) is 10.3. The molecule has 1 saturated heterocycles. The van der Waals surface area contributed by atoms with Crippen LogP contribution in [0.4, 0.5) is 4.79 Å². The number of alkyl carbamates (subject to hydrolysis) is 1. The van der Waals surface area contributed by atoms with Crippen LogP contribution in [0.5, 0.6) is 0 Å². The van der Waals surface area contributed by atoms with Gasteiger partial charge in [0, 0.05) is 6.42 Å². The standard InChI is InChI=1S/C21H32N2O7S/c1-20(2,3)23-17(24)12-16(31(23,28)29)14-9-7-13(8-10-14)11-15(18(25)26)22-19(27)30-21(4,5)6/h7-10,15-16,28-29H,11-12H2,1-6H3,(H,22,27)(H,25,26)/t15-,16?/m0/s1. The minimum atomic E-state index is -3.35. The fraction of sp³-hybridized carbons (Fsp3) is 0.571. The number of ether oxygens (including phenoxy) is 1. The number of nitrogens with zero attached hydrogens (tertiary/aromatic N) is 1. The number of nitrogens with one attached hydrogen (secondary N) is 1. The molecule has 0 spiro atoms. The Labute approximate surface area is 184 Å². The number of carboxylic acid groups (broad SMARTS) is 1. The summed E-state index contributed by atoms with van der Waals surface area (Å²) in [5.74, 6) is -1.53. The van der Waals surface area contributed by atoms with E-state index in [2.05, 4.69) is 5.32 Å². The molecule has 1 heterocycles. The van der Waals surface area contributed by atoms with E-state index in [0.717, 1.165) is 4.31 Å². The molecule has 0 saturated carbocycles. The number of amides is 2. The third-order valence-electron chi connectivity index (χ3n) is 4.63. The number of rotatable bonds is 5. The highest BCUT2D eigenvalue weighted by atomic mass is 32.3. The lowest BCUT2D eigenvalue weighted by Crippen LogP contribution is -2.44. The van der Waals surface area contributed by atoms with E-state index < -0.39 is 45.3 Å². The summed E-state index contributed by atoms with van der Waals surface area (Å²) in [4.78, 5) is 35.9. The monoisotopic (exact) mass is 456 g/mol. The highest BCUT2D eigenvalue weighted by Crippen LogP contribution is 2.65. The van der Waals surface area contributed by atoms with Crippen molar-refractivity contribution in [2.45, 2.75) is 76.8 Å². The van der Waals surface area contributed by atoms with Gasteiger partial charge >= 0.3 is 12.1 Å². The highest BCUT2D eigenvalue weighted by Gasteiger charge is 2.49. The molecule has 4 N–H and O–H groups in total. The minimum absolute atomic E-state index is 0.0167. The first-order valence-electron chi connectivity index (χ1n) is 9.94. The first-order valence-corrected chi connectivity index (χ1v) is 11.5. The van der Waals surface area contributed by atoms with Crippen LogP contribution >= 0.6 is 10.8 Å². The maximum absolute atomic E-state index is 12.4. The normalized spacial score (nSPS) is 20.8.